The predicted octanol–water partition coefficient (Wildman–Crippen LogP) is 6.51. The lowest BCUT2D eigenvalue weighted by Gasteiger charge is -2.13. The topological polar surface area (TPSA) is 110 Å². The molecular weight excluding hydrogens is 563 g/mol. The van der Waals surface area contributed by atoms with Crippen LogP contribution in [0.15, 0.2) is 74.2 Å². The summed E-state index contributed by atoms with van der Waals surface area (Å²) in [4.78, 5) is 18.4. The van der Waals surface area contributed by atoms with E-state index in [9.17, 15) is 21.6 Å². The summed E-state index contributed by atoms with van der Waals surface area (Å²) in [5, 5.41) is -0.300. The number of carbonyl (C=O) groups is 1. The van der Waals surface area contributed by atoms with Crippen LogP contribution in [-0.4, -0.2) is 32.9 Å². The van der Waals surface area contributed by atoms with Crippen LogP contribution in [0.5, 0.6) is 0 Å². The number of halogens is 2. The summed E-state index contributed by atoms with van der Waals surface area (Å²) in [6.45, 7) is 5.09. The fraction of sp³-hybridized carbons (Fsp3) is 0.250. The number of aromatic nitrogens is 1. The molecule has 1 aromatic heterocycles. The van der Waals surface area contributed by atoms with Gasteiger partial charge in [0.15, 0.2) is 15.6 Å². The van der Waals surface area contributed by atoms with Crippen molar-refractivity contribution in [1.82, 2.24) is 4.98 Å². The van der Waals surface area contributed by atoms with E-state index in [2.05, 4.69) is 9.71 Å². The average molecular weight is 588 g/mol. The number of sulfone groups is 1. The summed E-state index contributed by atoms with van der Waals surface area (Å²) < 4.78 is 52.8. The summed E-state index contributed by atoms with van der Waals surface area (Å²) in [7, 11) is -7.50. The van der Waals surface area contributed by atoms with Gasteiger partial charge >= 0.3 is 0 Å². The van der Waals surface area contributed by atoms with Crippen molar-refractivity contribution in [2.24, 2.45) is 0 Å². The molecule has 0 unspecified atom stereocenters. The van der Waals surface area contributed by atoms with Crippen molar-refractivity contribution in [3.05, 3.63) is 70.3 Å². The Hall–Kier alpha value is -2.11. The van der Waals surface area contributed by atoms with E-state index in [1.54, 1.807) is 32.0 Å². The van der Waals surface area contributed by atoms with Crippen LogP contribution < -0.4 is 4.72 Å². The third kappa shape index (κ3) is 6.60. The van der Waals surface area contributed by atoms with Crippen LogP contribution in [0, 0.1) is 0 Å². The lowest BCUT2D eigenvalue weighted by molar-refractivity contribution is 0.0974. The number of Topliss-reactive ketones (excluding diaryl/α,β-unsaturated/α-hetero) is 1. The normalized spacial score (nSPS) is 12.1. The second-order valence-corrected chi connectivity index (χ2v) is 14.2. The fourth-order valence-electron chi connectivity index (χ4n) is 3.11. The minimum atomic E-state index is -4.09. The smallest absolute Gasteiger partial charge is 0.264 e. The van der Waals surface area contributed by atoms with Crippen molar-refractivity contribution in [2.45, 2.75) is 58.4 Å². The molecule has 0 spiro atoms. The maximum Gasteiger partial charge on any atom is 0.264 e. The molecule has 1 heterocycles. The molecule has 0 radical (unpaired) electrons. The van der Waals surface area contributed by atoms with Gasteiger partial charge in [-0.2, -0.15) is 0 Å². The molecule has 1 N–H and O–H groups in total. The highest BCUT2D eigenvalue weighted by Gasteiger charge is 2.22. The molecule has 0 aliphatic rings. The summed E-state index contributed by atoms with van der Waals surface area (Å²) in [6, 6.07) is 13.4. The van der Waals surface area contributed by atoms with E-state index in [1.165, 1.54) is 48.2 Å². The fourth-order valence-corrected chi connectivity index (χ4v) is 6.87. The van der Waals surface area contributed by atoms with Crippen molar-refractivity contribution in [1.29, 1.82) is 0 Å². The van der Waals surface area contributed by atoms with E-state index in [0.717, 1.165) is 0 Å². The molecule has 0 bridgehead atoms. The van der Waals surface area contributed by atoms with Gasteiger partial charge in [0.05, 0.1) is 15.2 Å². The Morgan fingerprint density at radius 3 is 2.25 bits per heavy atom. The zero-order valence-electron chi connectivity index (χ0n) is 19.7. The molecule has 12 heteroatoms. The van der Waals surface area contributed by atoms with Gasteiger partial charge in [-0.25, -0.2) is 21.8 Å². The summed E-state index contributed by atoms with van der Waals surface area (Å²) in [5.74, 6) is -0.284. The van der Waals surface area contributed by atoms with Gasteiger partial charge in [0.25, 0.3) is 10.0 Å². The number of rotatable bonds is 10. The number of anilines is 1. The molecular formula is C24H24Cl2N2O5S3. The van der Waals surface area contributed by atoms with E-state index in [4.69, 9.17) is 23.2 Å². The third-order valence-corrected chi connectivity index (χ3v) is 10.3. The number of sulfonamides is 1. The van der Waals surface area contributed by atoms with Crippen molar-refractivity contribution in [3.8, 4) is 0 Å². The predicted molar refractivity (Wildman–Crippen MR) is 144 cm³/mol. The van der Waals surface area contributed by atoms with Crippen molar-refractivity contribution < 1.29 is 21.6 Å². The SMILES string of the molecule is CCCC(=O)c1nc(NS(=O)(=O)c2ccc(Cl)cc2Cl)ccc1Sc1ccc(S(=O)(=O)C(C)C)cc1. The Morgan fingerprint density at radius 1 is 1.00 bits per heavy atom. The van der Waals surface area contributed by atoms with Gasteiger partial charge in [0.1, 0.15) is 16.4 Å². The molecule has 0 saturated carbocycles. The first-order chi connectivity index (χ1) is 16.8. The van der Waals surface area contributed by atoms with E-state index < -0.39 is 25.1 Å². The van der Waals surface area contributed by atoms with Crippen LogP contribution in [0.4, 0.5) is 5.82 Å². The first kappa shape index (κ1) is 28.5. The summed E-state index contributed by atoms with van der Waals surface area (Å²) >= 11 is 13.1. The standard InChI is InChI=1S/C24H24Cl2N2O5S3/c1-4-5-20(29)24-21(34-17-7-9-18(10-8-17)35(30,31)15(2)3)11-13-23(27-24)28-36(32,33)22-12-6-16(25)14-19(22)26/h6-15H,4-5H2,1-3H3,(H,27,28). The van der Waals surface area contributed by atoms with Gasteiger partial charge in [-0.05, 0) is 74.9 Å². The molecule has 192 valence electrons. The Morgan fingerprint density at radius 2 is 1.67 bits per heavy atom. The number of nitrogens with zero attached hydrogens (tertiary/aromatic N) is 1. The van der Waals surface area contributed by atoms with Crippen molar-refractivity contribution >= 4 is 66.4 Å². The van der Waals surface area contributed by atoms with E-state index in [1.807, 2.05) is 6.92 Å². The highest BCUT2D eigenvalue weighted by Crippen LogP contribution is 2.33. The van der Waals surface area contributed by atoms with Crippen molar-refractivity contribution in [3.63, 3.8) is 0 Å². The van der Waals surface area contributed by atoms with Crippen LogP contribution in [-0.2, 0) is 19.9 Å². The second-order valence-electron chi connectivity index (χ2n) is 8.06. The van der Waals surface area contributed by atoms with Crippen LogP contribution in [0.25, 0.3) is 0 Å². The first-order valence-corrected chi connectivity index (χ1v) is 15.5. The molecule has 3 rings (SSSR count). The lowest BCUT2D eigenvalue weighted by atomic mass is 10.1. The quantitative estimate of drug-likeness (QED) is 0.270. The van der Waals surface area contributed by atoms with Crippen LogP contribution in [0.1, 0.15) is 44.1 Å². The molecule has 7 nitrogen and oxygen atoms in total. The number of nitrogens with one attached hydrogen (secondary N) is 1. The molecule has 0 saturated heterocycles. The van der Waals surface area contributed by atoms with E-state index in [0.29, 0.717) is 21.2 Å². The summed E-state index contributed by atoms with van der Waals surface area (Å²) in [6.07, 6.45) is 0.814. The molecule has 0 aliphatic carbocycles. The van der Waals surface area contributed by atoms with E-state index >= 15 is 0 Å². The van der Waals surface area contributed by atoms with Crippen LogP contribution >= 0.6 is 35.0 Å². The highest BCUT2D eigenvalue weighted by molar-refractivity contribution is 7.99. The Bertz CT molecular complexity index is 1490. The van der Waals surface area contributed by atoms with Gasteiger partial charge in [-0.1, -0.05) is 41.9 Å². The zero-order valence-corrected chi connectivity index (χ0v) is 23.6. The molecule has 0 aliphatic heterocycles. The number of hydrogen-bond acceptors (Lipinski definition) is 7. The van der Waals surface area contributed by atoms with Crippen LogP contribution in [0.2, 0.25) is 10.0 Å². The molecule has 36 heavy (non-hydrogen) atoms. The van der Waals surface area contributed by atoms with Crippen molar-refractivity contribution in [2.75, 3.05) is 4.72 Å². The van der Waals surface area contributed by atoms with Crippen LogP contribution in [0.3, 0.4) is 0 Å². The molecule has 2 aromatic carbocycles. The Labute approximate surface area is 225 Å². The number of hydrogen-bond donors (Lipinski definition) is 1. The number of ketones is 1. The lowest BCUT2D eigenvalue weighted by Crippen LogP contribution is -2.16. The summed E-state index contributed by atoms with van der Waals surface area (Å²) in [5.41, 5.74) is 0.114. The molecule has 0 atom stereocenters. The largest absolute Gasteiger partial charge is 0.292 e. The first-order valence-electron chi connectivity index (χ1n) is 10.9. The van der Waals surface area contributed by atoms with E-state index in [-0.39, 0.29) is 38.5 Å². The van der Waals surface area contributed by atoms with Gasteiger partial charge in [-0.15, -0.1) is 0 Å². The number of carbonyl (C=O) groups excluding carboxylic acids is 1. The Kier molecular flexibility index (Phi) is 9.11. The average Bonchev–Trinajstić information content (AvgIpc) is 2.80. The molecule has 0 amide bonds. The molecule has 3 aromatic rings. The molecule has 0 fully saturated rings. The van der Waals surface area contributed by atoms with Gasteiger partial charge in [0, 0.05) is 21.2 Å². The van der Waals surface area contributed by atoms with Gasteiger partial charge < -0.3 is 0 Å². The Balaban J connectivity index is 1.93. The zero-order chi connectivity index (χ0) is 26.7. The number of benzene rings is 2. The highest BCUT2D eigenvalue weighted by atomic mass is 35.5. The number of pyridine rings is 1. The third-order valence-electron chi connectivity index (χ3n) is 5.02. The maximum atomic E-state index is 12.9. The minimum Gasteiger partial charge on any atom is -0.292 e. The van der Waals surface area contributed by atoms with Gasteiger partial charge in [0.2, 0.25) is 0 Å². The maximum absolute atomic E-state index is 12.9. The van der Waals surface area contributed by atoms with Gasteiger partial charge in [-0.3, -0.25) is 9.52 Å². The minimum absolute atomic E-state index is 0.0387. The second kappa shape index (κ2) is 11.5. The monoisotopic (exact) mass is 586 g/mol.